The van der Waals surface area contributed by atoms with Crippen LogP contribution in [0.15, 0.2) is 73.1 Å². The predicted octanol–water partition coefficient (Wildman–Crippen LogP) is 3.87. The number of carbonyl (C=O) groups is 2. The van der Waals surface area contributed by atoms with E-state index in [-0.39, 0.29) is 6.61 Å². The minimum absolute atomic E-state index is 0.288. The van der Waals surface area contributed by atoms with Crippen LogP contribution < -0.4 is 4.74 Å². The third kappa shape index (κ3) is 3.95. The molecule has 0 aliphatic carbocycles. The minimum atomic E-state index is -0.486. The number of nitrogens with zero attached hydrogens (tertiary/aromatic N) is 1. The van der Waals surface area contributed by atoms with Crippen molar-refractivity contribution in [3.05, 3.63) is 84.2 Å². The number of rotatable bonds is 5. The quantitative estimate of drug-likeness (QED) is 0.524. The van der Waals surface area contributed by atoms with Gasteiger partial charge in [0, 0.05) is 18.1 Å². The lowest BCUT2D eigenvalue weighted by Crippen LogP contribution is -2.10. The van der Waals surface area contributed by atoms with Crippen LogP contribution in [0.2, 0.25) is 0 Å². The van der Waals surface area contributed by atoms with Gasteiger partial charge in [-0.25, -0.2) is 9.59 Å². The first-order valence-electron chi connectivity index (χ1n) is 7.90. The molecule has 0 fully saturated rings. The van der Waals surface area contributed by atoms with Gasteiger partial charge in [-0.2, -0.15) is 0 Å². The lowest BCUT2D eigenvalue weighted by Gasteiger charge is -2.07. The van der Waals surface area contributed by atoms with Gasteiger partial charge in [-0.3, -0.25) is 0 Å². The molecule has 0 aliphatic rings. The summed E-state index contributed by atoms with van der Waals surface area (Å²) in [6.07, 6.45) is 3.85. The number of hydrogen-bond donors (Lipinski definition) is 0. The van der Waals surface area contributed by atoms with Gasteiger partial charge in [-0.1, -0.05) is 6.07 Å². The molecule has 0 N–H and O–H groups in total. The van der Waals surface area contributed by atoms with Crippen LogP contribution >= 0.6 is 0 Å². The van der Waals surface area contributed by atoms with Crippen molar-refractivity contribution in [2.75, 3.05) is 6.61 Å². The average molecular weight is 335 g/mol. The summed E-state index contributed by atoms with van der Waals surface area (Å²) in [6, 6.07) is 17.3. The van der Waals surface area contributed by atoms with Gasteiger partial charge in [0.25, 0.3) is 0 Å². The SMILES string of the molecule is CCOC(=O)c1cccc(OC(=O)c2ccc(-n3cccc3)cc2)c1. The minimum Gasteiger partial charge on any atom is -0.462 e. The molecule has 0 saturated carbocycles. The Balaban J connectivity index is 1.72. The van der Waals surface area contributed by atoms with E-state index in [9.17, 15) is 9.59 Å². The van der Waals surface area contributed by atoms with Crippen molar-refractivity contribution in [2.24, 2.45) is 0 Å². The lowest BCUT2D eigenvalue weighted by atomic mass is 10.2. The second-order valence-electron chi connectivity index (χ2n) is 5.28. The first-order chi connectivity index (χ1) is 12.2. The van der Waals surface area contributed by atoms with Crippen molar-refractivity contribution in [3.63, 3.8) is 0 Å². The van der Waals surface area contributed by atoms with E-state index in [4.69, 9.17) is 9.47 Å². The summed E-state index contributed by atoms with van der Waals surface area (Å²) < 4.78 is 12.2. The number of ether oxygens (including phenoxy) is 2. The number of benzene rings is 2. The maximum absolute atomic E-state index is 12.3. The van der Waals surface area contributed by atoms with E-state index >= 15 is 0 Å². The summed E-state index contributed by atoms with van der Waals surface area (Å²) in [5, 5.41) is 0. The zero-order chi connectivity index (χ0) is 17.6. The molecule has 0 amide bonds. The summed E-state index contributed by atoms with van der Waals surface area (Å²) in [5.41, 5.74) is 1.72. The molecule has 126 valence electrons. The van der Waals surface area contributed by atoms with E-state index in [1.54, 1.807) is 37.3 Å². The molecule has 0 unspecified atom stereocenters. The van der Waals surface area contributed by atoms with Crippen LogP contribution in [-0.2, 0) is 4.74 Å². The van der Waals surface area contributed by atoms with E-state index in [0.717, 1.165) is 5.69 Å². The molecule has 3 rings (SSSR count). The van der Waals surface area contributed by atoms with E-state index in [2.05, 4.69) is 0 Å². The zero-order valence-corrected chi connectivity index (χ0v) is 13.7. The highest BCUT2D eigenvalue weighted by molar-refractivity contribution is 5.92. The molecule has 2 aromatic carbocycles. The Hall–Kier alpha value is -3.34. The van der Waals surface area contributed by atoms with Crippen LogP contribution in [0.1, 0.15) is 27.6 Å². The molecule has 0 saturated heterocycles. The van der Waals surface area contributed by atoms with Crippen molar-refractivity contribution >= 4 is 11.9 Å². The van der Waals surface area contributed by atoms with E-state index < -0.39 is 11.9 Å². The Bertz CT molecular complexity index is 867. The summed E-state index contributed by atoms with van der Waals surface area (Å²) in [7, 11) is 0. The molecule has 5 heteroatoms. The van der Waals surface area contributed by atoms with Crippen molar-refractivity contribution in [2.45, 2.75) is 6.92 Å². The fourth-order valence-electron chi connectivity index (χ4n) is 2.34. The van der Waals surface area contributed by atoms with Crippen molar-refractivity contribution < 1.29 is 19.1 Å². The largest absolute Gasteiger partial charge is 0.462 e. The normalized spacial score (nSPS) is 10.3. The molecule has 25 heavy (non-hydrogen) atoms. The highest BCUT2D eigenvalue weighted by Gasteiger charge is 2.12. The Morgan fingerprint density at radius 2 is 1.60 bits per heavy atom. The lowest BCUT2D eigenvalue weighted by molar-refractivity contribution is 0.0524. The van der Waals surface area contributed by atoms with Gasteiger partial charge in [0.15, 0.2) is 0 Å². The second-order valence-corrected chi connectivity index (χ2v) is 5.28. The Labute approximate surface area is 145 Å². The highest BCUT2D eigenvalue weighted by atomic mass is 16.5. The maximum atomic E-state index is 12.3. The Morgan fingerprint density at radius 1 is 0.880 bits per heavy atom. The summed E-state index contributed by atoms with van der Waals surface area (Å²) in [4.78, 5) is 24.0. The fourth-order valence-corrected chi connectivity index (χ4v) is 2.34. The van der Waals surface area contributed by atoms with E-state index in [1.807, 2.05) is 41.2 Å². The monoisotopic (exact) mass is 335 g/mol. The topological polar surface area (TPSA) is 57.5 Å². The van der Waals surface area contributed by atoms with Gasteiger partial charge >= 0.3 is 11.9 Å². The van der Waals surface area contributed by atoms with Gasteiger partial charge in [0.1, 0.15) is 5.75 Å². The number of carbonyl (C=O) groups excluding carboxylic acids is 2. The van der Waals surface area contributed by atoms with Crippen LogP contribution in [-0.4, -0.2) is 23.1 Å². The van der Waals surface area contributed by atoms with Crippen molar-refractivity contribution in [1.82, 2.24) is 4.57 Å². The summed E-state index contributed by atoms with van der Waals surface area (Å²) >= 11 is 0. The van der Waals surface area contributed by atoms with Crippen LogP contribution in [0.25, 0.3) is 5.69 Å². The molecule has 3 aromatic rings. The number of esters is 2. The third-order valence-electron chi connectivity index (χ3n) is 3.56. The molecule has 5 nitrogen and oxygen atoms in total. The average Bonchev–Trinajstić information content (AvgIpc) is 3.17. The molecule has 0 aliphatic heterocycles. The standard InChI is InChI=1S/C20H17NO4/c1-2-24-19(22)16-6-5-7-18(14-16)25-20(23)15-8-10-17(11-9-15)21-12-3-4-13-21/h3-14H,2H2,1H3. The molecule has 0 bridgehead atoms. The molecular formula is C20H17NO4. The van der Waals surface area contributed by atoms with Crippen LogP contribution in [0.5, 0.6) is 5.75 Å². The van der Waals surface area contributed by atoms with E-state index in [1.165, 1.54) is 6.07 Å². The van der Waals surface area contributed by atoms with E-state index in [0.29, 0.717) is 16.9 Å². The fraction of sp³-hybridized carbons (Fsp3) is 0.100. The molecule has 1 heterocycles. The molecule has 0 atom stereocenters. The van der Waals surface area contributed by atoms with Crippen molar-refractivity contribution in [1.29, 1.82) is 0 Å². The van der Waals surface area contributed by atoms with Gasteiger partial charge in [0.05, 0.1) is 17.7 Å². The van der Waals surface area contributed by atoms with Gasteiger partial charge in [-0.15, -0.1) is 0 Å². The number of hydrogen-bond acceptors (Lipinski definition) is 4. The Kier molecular flexibility index (Phi) is 4.95. The first kappa shape index (κ1) is 16.5. The van der Waals surface area contributed by atoms with Crippen LogP contribution in [0.4, 0.5) is 0 Å². The molecule has 0 spiro atoms. The summed E-state index contributed by atoms with van der Waals surface area (Å²) in [5.74, 6) is -0.637. The predicted molar refractivity (Wildman–Crippen MR) is 93.1 cm³/mol. The molecular weight excluding hydrogens is 318 g/mol. The maximum Gasteiger partial charge on any atom is 0.343 e. The summed E-state index contributed by atoms with van der Waals surface area (Å²) in [6.45, 7) is 2.02. The van der Waals surface area contributed by atoms with Gasteiger partial charge < -0.3 is 14.0 Å². The van der Waals surface area contributed by atoms with Crippen molar-refractivity contribution in [3.8, 4) is 11.4 Å². The van der Waals surface area contributed by atoms with Crippen LogP contribution in [0, 0.1) is 0 Å². The number of aromatic nitrogens is 1. The molecule has 0 radical (unpaired) electrons. The first-order valence-corrected chi connectivity index (χ1v) is 7.90. The Morgan fingerprint density at radius 3 is 2.28 bits per heavy atom. The second kappa shape index (κ2) is 7.49. The zero-order valence-electron chi connectivity index (χ0n) is 13.7. The highest BCUT2D eigenvalue weighted by Crippen LogP contribution is 2.17. The smallest absolute Gasteiger partial charge is 0.343 e. The van der Waals surface area contributed by atoms with Gasteiger partial charge in [-0.05, 0) is 61.5 Å². The third-order valence-corrected chi connectivity index (χ3v) is 3.56. The van der Waals surface area contributed by atoms with Gasteiger partial charge in [0.2, 0.25) is 0 Å². The van der Waals surface area contributed by atoms with Crippen LogP contribution in [0.3, 0.4) is 0 Å². The molecule has 1 aromatic heterocycles.